The molecule has 0 bridgehead atoms. The molecule has 0 saturated carbocycles. The Hall–Kier alpha value is -3.01. The van der Waals surface area contributed by atoms with Gasteiger partial charge in [0.15, 0.2) is 0 Å². The van der Waals surface area contributed by atoms with Crippen LogP contribution in [0.4, 0.5) is 8.78 Å². The average Bonchev–Trinajstić information content (AvgIpc) is 3.31. The first-order chi connectivity index (χ1) is 16.1. The number of fused-ring (bicyclic) bond motifs is 3. The van der Waals surface area contributed by atoms with Gasteiger partial charge in [-0.25, -0.2) is 14.0 Å². The summed E-state index contributed by atoms with van der Waals surface area (Å²) < 4.78 is 52.4. The zero-order valence-corrected chi connectivity index (χ0v) is 19.5. The molecular weight excluding hydrogens is 484 g/mol. The number of nitrogens with zero attached hydrogens (tertiary/aromatic N) is 2. The second-order valence-corrected chi connectivity index (χ2v) is 10.8. The zero-order chi connectivity index (χ0) is 24.2. The lowest BCUT2D eigenvalue weighted by molar-refractivity contribution is -0.0507. The third-order valence-corrected chi connectivity index (χ3v) is 7.36. The molecule has 1 aliphatic rings. The first kappa shape index (κ1) is 22.8. The van der Waals surface area contributed by atoms with Crippen molar-refractivity contribution in [2.45, 2.75) is 30.1 Å². The van der Waals surface area contributed by atoms with Crippen LogP contribution in [-0.4, -0.2) is 31.7 Å². The Labute approximate surface area is 199 Å². The quantitative estimate of drug-likeness (QED) is 0.348. The summed E-state index contributed by atoms with van der Waals surface area (Å²) in [5, 5.41) is 11.1. The molecule has 2 heterocycles. The topological polar surface area (TPSA) is 88.2 Å². The van der Waals surface area contributed by atoms with Crippen LogP contribution in [0.15, 0.2) is 65.6 Å². The maximum atomic E-state index is 13.0. The number of rotatable bonds is 5. The monoisotopic (exact) mass is 503 g/mol. The zero-order valence-electron chi connectivity index (χ0n) is 17.9. The number of benzene rings is 3. The van der Waals surface area contributed by atoms with E-state index in [1.165, 1.54) is 18.4 Å². The van der Waals surface area contributed by atoms with Crippen LogP contribution in [0.25, 0.3) is 22.2 Å². The minimum atomic E-state index is -3.00. The Morgan fingerprint density at radius 2 is 1.85 bits per heavy atom. The third-order valence-electron chi connectivity index (χ3n) is 5.96. The molecule has 1 unspecified atom stereocenters. The first-order valence-corrected chi connectivity index (χ1v) is 12.7. The van der Waals surface area contributed by atoms with Gasteiger partial charge in [-0.1, -0.05) is 29.8 Å². The fourth-order valence-electron chi connectivity index (χ4n) is 4.43. The number of aromatic nitrogens is 2. The lowest BCUT2D eigenvalue weighted by atomic mass is 10.0. The second-order valence-electron chi connectivity index (χ2n) is 8.24. The molecule has 0 aliphatic carbocycles. The maximum absolute atomic E-state index is 13.0. The highest BCUT2D eigenvalue weighted by Gasteiger charge is 2.36. The van der Waals surface area contributed by atoms with Crippen molar-refractivity contribution in [3.8, 4) is 16.9 Å². The second kappa shape index (κ2) is 8.33. The summed E-state index contributed by atoms with van der Waals surface area (Å²) >= 11 is 6.17. The van der Waals surface area contributed by atoms with Crippen molar-refractivity contribution < 1.29 is 22.8 Å². The standard InChI is InChI=1S/C24H20ClF2N3O3S/c1-34(28,32)16-6-2-13(3-7-16)14-4-8-18-20(10-14)30-19(12-21(31)23(30)29-18)17-11-15(25)5-9-22(17)33-24(26)27/h2-11,19,21,24,28,31H,12H2,1H3/t19-,21-,34?/m1/s1. The lowest BCUT2D eigenvalue weighted by Gasteiger charge is -2.19. The van der Waals surface area contributed by atoms with Gasteiger partial charge in [-0.2, -0.15) is 8.78 Å². The lowest BCUT2D eigenvalue weighted by Crippen LogP contribution is -2.10. The van der Waals surface area contributed by atoms with Gasteiger partial charge in [0.25, 0.3) is 0 Å². The number of halogens is 3. The Balaban J connectivity index is 1.63. The molecule has 6 nitrogen and oxygen atoms in total. The number of aliphatic hydroxyl groups excluding tert-OH is 1. The van der Waals surface area contributed by atoms with Crippen molar-refractivity contribution in [2.75, 3.05) is 6.26 Å². The number of nitrogens with one attached hydrogen (secondary N) is 1. The van der Waals surface area contributed by atoms with E-state index in [4.69, 9.17) is 21.1 Å². The van der Waals surface area contributed by atoms with E-state index in [1.54, 1.807) is 30.3 Å². The van der Waals surface area contributed by atoms with E-state index in [9.17, 15) is 18.1 Å². The van der Waals surface area contributed by atoms with Crippen molar-refractivity contribution in [1.82, 2.24) is 9.55 Å². The highest BCUT2D eigenvalue weighted by molar-refractivity contribution is 7.91. The SMILES string of the molecule is CS(=N)(=O)c1ccc(-c2ccc3nc4n(c3c2)[C@@H](c2cc(Cl)ccc2OC(F)F)C[C@H]4O)cc1. The Morgan fingerprint density at radius 3 is 2.53 bits per heavy atom. The van der Waals surface area contributed by atoms with Gasteiger partial charge in [-0.3, -0.25) is 0 Å². The van der Waals surface area contributed by atoms with E-state index >= 15 is 0 Å². The summed E-state index contributed by atoms with van der Waals surface area (Å²) in [6, 6.07) is 16.5. The van der Waals surface area contributed by atoms with E-state index in [2.05, 4.69) is 4.98 Å². The predicted octanol–water partition coefficient (Wildman–Crippen LogP) is 6.02. The van der Waals surface area contributed by atoms with Gasteiger partial charge >= 0.3 is 6.61 Å². The molecule has 0 saturated heterocycles. The third kappa shape index (κ3) is 4.04. The Kier molecular flexibility index (Phi) is 5.58. The Morgan fingerprint density at radius 1 is 1.15 bits per heavy atom. The normalized spacial score (nSPS) is 19.4. The van der Waals surface area contributed by atoms with E-state index in [0.717, 1.165) is 16.6 Å². The minimum Gasteiger partial charge on any atom is -0.434 e. The maximum Gasteiger partial charge on any atom is 0.387 e. The minimum absolute atomic E-state index is 0.00315. The molecule has 3 atom stereocenters. The largest absolute Gasteiger partial charge is 0.434 e. The van der Waals surface area contributed by atoms with Crippen LogP contribution in [-0.2, 0) is 9.73 Å². The van der Waals surface area contributed by atoms with Gasteiger partial charge in [0.1, 0.15) is 17.7 Å². The molecular formula is C24H20ClF2N3O3S. The van der Waals surface area contributed by atoms with Crippen molar-refractivity contribution in [1.29, 1.82) is 4.78 Å². The van der Waals surface area contributed by atoms with Crippen LogP contribution >= 0.6 is 11.6 Å². The highest BCUT2D eigenvalue weighted by Crippen LogP contribution is 2.45. The van der Waals surface area contributed by atoms with Gasteiger partial charge in [0.2, 0.25) is 0 Å². The molecule has 0 spiro atoms. The molecule has 5 rings (SSSR count). The number of imidazole rings is 1. The van der Waals surface area contributed by atoms with Crippen molar-refractivity contribution in [3.63, 3.8) is 0 Å². The summed E-state index contributed by atoms with van der Waals surface area (Å²) in [4.78, 5) is 5.02. The molecule has 0 radical (unpaired) electrons. The number of hydrogen-bond donors (Lipinski definition) is 2. The van der Waals surface area contributed by atoms with Gasteiger partial charge in [0, 0.05) is 28.2 Å². The molecule has 10 heteroatoms. The first-order valence-electron chi connectivity index (χ1n) is 10.4. The molecule has 0 amide bonds. The predicted molar refractivity (Wildman–Crippen MR) is 126 cm³/mol. The molecule has 1 aromatic heterocycles. The van der Waals surface area contributed by atoms with Crippen LogP contribution < -0.4 is 4.74 Å². The molecule has 2 N–H and O–H groups in total. The van der Waals surface area contributed by atoms with Crippen molar-refractivity contribution in [3.05, 3.63) is 77.1 Å². The summed E-state index contributed by atoms with van der Waals surface area (Å²) in [5.41, 5.74) is 3.52. The van der Waals surface area contributed by atoms with Crippen LogP contribution in [0.5, 0.6) is 5.75 Å². The van der Waals surface area contributed by atoms with Crippen LogP contribution in [0, 0.1) is 4.78 Å². The van der Waals surface area contributed by atoms with E-state index in [1.807, 2.05) is 22.8 Å². The number of alkyl halides is 2. The molecule has 4 aromatic rings. The van der Waals surface area contributed by atoms with Gasteiger partial charge in [-0.05, 0) is 53.6 Å². The van der Waals surface area contributed by atoms with E-state index < -0.39 is 28.5 Å². The summed E-state index contributed by atoms with van der Waals surface area (Å²) in [7, 11) is -2.81. The van der Waals surface area contributed by atoms with Gasteiger partial charge in [0.05, 0.1) is 26.8 Å². The van der Waals surface area contributed by atoms with Crippen LogP contribution in [0.1, 0.15) is 30.0 Å². The number of ether oxygens (including phenoxy) is 1. The van der Waals surface area contributed by atoms with Gasteiger partial charge < -0.3 is 14.4 Å². The molecule has 34 heavy (non-hydrogen) atoms. The van der Waals surface area contributed by atoms with Crippen molar-refractivity contribution in [2.24, 2.45) is 0 Å². The summed E-state index contributed by atoms with van der Waals surface area (Å²) in [5.74, 6) is 0.437. The highest BCUT2D eigenvalue weighted by atomic mass is 35.5. The molecule has 1 aliphatic heterocycles. The van der Waals surface area contributed by atoms with Crippen molar-refractivity contribution >= 4 is 32.4 Å². The smallest absolute Gasteiger partial charge is 0.387 e. The average molecular weight is 504 g/mol. The Bertz CT molecular complexity index is 1500. The molecule has 3 aromatic carbocycles. The molecule has 0 fully saturated rings. The number of hydrogen-bond acceptors (Lipinski definition) is 5. The number of aliphatic hydroxyl groups is 1. The fourth-order valence-corrected chi connectivity index (χ4v) is 5.27. The van der Waals surface area contributed by atoms with Crippen LogP contribution in [0.3, 0.4) is 0 Å². The fraction of sp³-hybridized carbons (Fsp3) is 0.208. The van der Waals surface area contributed by atoms with E-state index in [-0.39, 0.29) is 12.2 Å². The summed E-state index contributed by atoms with van der Waals surface area (Å²) in [6.07, 6.45) is 0.732. The summed E-state index contributed by atoms with van der Waals surface area (Å²) in [6.45, 7) is -3.00. The van der Waals surface area contributed by atoms with E-state index in [0.29, 0.717) is 26.8 Å². The van der Waals surface area contributed by atoms with Gasteiger partial charge in [-0.15, -0.1) is 0 Å². The molecule has 176 valence electrons. The van der Waals surface area contributed by atoms with Crippen LogP contribution in [0.2, 0.25) is 5.02 Å².